The number of nitrogens with zero attached hydrogens (tertiary/aromatic N) is 1. The summed E-state index contributed by atoms with van der Waals surface area (Å²) in [5.74, 6) is -0.133. The molecule has 0 aliphatic rings. The van der Waals surface area contributed by atoms with E-state index in [9.17, 15) is 13.2 Å². The Kier molecular flexibility index (Phi) is 5.56. The predicted octanol–water partition coefficient (Wildman–Crippen LogP) is 1.55. The van der Waals surface area contributed by atoms with Crippen molar-refractivity contribution in [1.82, 2.24) is 4.90 Å². The number of hydrogen-bond acceptors (Lipinski definition) is 4. The molecule has 1 aromatic carbocycles. The first-order chi connectivity index (χ1) is 9.30. The van der Waals surface area contributed by atoms with Crippen molar-refractivity contribution in [3.63, 3.8) is 0 Å². The van der Waals surface area contributed by atoms with Gasteiger partial charge in [0.1, 0.15) is 0 Å². The number of nitrogens with two attached hydrogens (primary N) is 1. The fraction of sp³-hybridized carbons (Fsp3) is 0.500. The molecule has 2 N–H and O–H groups in total. The molecule has 0 bridgehead atoms. The third-order valence-electron chi connectivity index (χ3n) is 3.20. The van der Waals surface area contributed by atoms with Crippen LogP contribution in [0, 0.1) is 0 Å². The van der Waals surface area contributed by atoms with E-state index in [4.69, 9.17) is 5.73 Å². The fourth-order valence-corrected chi connectivity index (χ4v) is 3.22. The van der Waals surface area contributed by atoms with E-state index < -0.39 is 9.84 Å². The maximum atomic E-state index is 12.4. The minimum atomic E-state index is -3.12. The summed E-state index contributed by atoms with van der Waals surface area (Å²) in [5, 5.41) is 0. The minimum absolute atomic E-state index is 0.0224. The molecular formula is C14H22N2O3S. The Morgan fingerprint density at radius 2 is 2.00 bits per heavy atom. The molecule has 0 aromatic heterocycles. The van der Waals surface area contributed by atoms with Crippen molar-refractivity contribution < 1.29 is 13.2 Å². The average molecular weight is 298 g/mol. The molecule has 0 saturated carbocycles. The zero-order valence-corrected chi connectivity index (χ0v) is 13.0. The second-order valence-corrected chi connectivity index (χ2v) is 7.16. The number of anilines is 1. The van der Waals surface area contributed by atoms with Crippen LogP contribution in [0.25, 0.3) is 0 Å². The highest BCUT2D eigenvalue weighted by atomic mass is 32.2. The predicted molar refractivity (Wildman–Crippen MR) is 81.4 cm³/mol. The molecule has 0 saturated heterocycles. The molecular weight excluding hydrogens is 276 g/mol. The van der Waals surface area contributed by atoms with Gasteiger partial charge in [-0.2, -0.15) is 0 Å². The Morgan fingerprint density at radius 1 is 1.35 bits per heavy atom. The quantitative estimate of drug-likeness (QED) is 0.808. The van der Waals surface area contributed by atoms with Crippen LogP contribution in [0.5, 0.6) is 0 Å². The number of hydrogen-bond donors (Lipinski definition) is 1. The molecule has 20 heavy (non-hydrogen) atoms. The van der Waals surface area contributed by atoms with E-state index in [-0.39, 0.29) is 23.5 Å². The third-order valence-corrected chi connectivity index (χ3v) is 5.07. The van der Waals surface area contributed by atoms with E-state index in [1.165, 1.54) is 0 Å². The summed E-state index contributed by atoms with van der Waals surface area (Å²) in [6, 6.07) is 6.34. The molecule has 1 amide bonds. The summed E-state index contributed by atoms with van der Waals surface area (Å²) in [4.78, 5) is 14.0. The number of amides is 1. The molecule has 0 spiro atoms. The lowest BCUT2D eigenvalue weighted by molar-refractivity contribution is 0.0719. The van der Waals surface area contributed by atoms with Gasteiger partial charge in [0.2, 0.25) is 0 Å². The SMILES string of the molecule is CCN(C(=O)c1cccc(N)c1)C(C)CS(=O)(=O)CC. The lowest BCUT2D eigenvalue weighted by Gasteiger charge is -2.28. The number of sulfone groups is 1. The van der Waals surface area contributed by atoms with Crippen LogP contribution in [0.2, 0.25) is 0 Å². The molecule has 0 aliphatic carbocycles. The van der Waals surface area contributed by atoms with Crippen LogP contribution in [-0.4, -0.2) is 43.3 Å². The highest BCUT2D eigenvalue weighted by Crippen LogP contribution is 2.13. The maximum absolute atomic E-state index is 12.4. The second-order valence-electron chi connectivity index (χ2n) is 4.76. The fourth-order valence-electron chi connectivity index (χ4n) is 2.07. The Bertz CT molecular complexity index is 570. The third kappa shape index (κ3) is 4.23. The van der Waals surface area contributed by atoms with Gasteiger partial charge in [0.15, 0.2) is 9.84 Å². The first-order valence-electron chi connectivity index (χ1n) is 6.67. The lowest BCUT2D eigenvalue weighted by Crippen LogP contribution is -2.42. The standard InChI is InChI=1S/C14H22N2O3S/c1-4-16(11(3)10-20(18,19)5-2)14(17)12-7-6-8-13(15)9-12/h6-9,11H,4-5,10,15H2,1-3H3. The number of nitrogen functional groups attached to an aromatic ring is 1. The van der Waals surface area contributed by atoms with E-state index in [2.05, 4.69) is 0 Å². The van der Waals surface area contributed by atoms with Gasteiger partial charge in [0.25, 0.3) is 5.91 Å². The smallest absolute Gasteiger partial charge is 0.254 e. The van der Waals surface area contributed by atoms with Crippen molar-refractivity contribution in [2.24, 2.45) is 0 Å². The summed E-state index contributed by atoms with van der Waals surface area (Å²) < 4.78 is 23.4. The molecule has 1 rings (SSSR count). The highest BCUT2D eigenvalue weighted by Gasteiger charge is 2.24. The van der Waals surface area contributed by atoms with Crippen molar-refractivity contribution in [2.75, 3.05) is 23.8 Å². The lowest BCUT2D eigenvalue weighted by atomic mass is 10.1. The molecule has 0 fully saturated rings. The van der Waals surface area contributed by atoms with Crippen molar-refractivity contribution in [3.05, 3.63) is 29.8 Å². The Labute approximate surface area is 120 Å². The Morgan fingerprint density at radius 3 is 2.50 bits per heavy atom. The molecule has 112 valence electrons. The Hall–Kier alpha value is -1.56. The van der Waals surface area contributed by atoms with Gasteiger partial charge in [-0.15, -0.1) is 0 Å². The summed E-state index contributed by atoms with van der Waals surface area (Å²) in [7, 11) is -3.12. The van der Waals surface area contributed by atoms with Crippen LogP contribution in [0.4, 0.5) is 5.69 Å². The first-order valence-corrected chi connectivity index (χ1v) is 8.49. The molecule has 1 atom stereocenters. The number of carbonyl (C=O) groups excluding carboxylic acids is 1. The van der Waals surface area contributed by atoms with Gasteiger partial charge in [-0.3, -0.25) is 4.79 Å². The zero-order chi connectivity index (χ0) is 15.3. The number of rotatable bonds is 6. The van der Waals surface area contributed by atoms with Crippen molar-refractivity contribution >= 4 is 21.4 Å². The Balaban J connectivity index is 2.93. The maximum Gasteiger partial charge on any atom is 0.254 e. The van der Waals surface area contributed by atoms with Crippen LogP contribution in [0.15, 0.2) is 24.3 Å². The van der Waals surface area contributed by atoms with Crippen molar-refractivity contribution in [2.45, 2.75) is 26.8 Å². The zero-order valence-electron chi connectivity index (χ0n) is 12.2. The van der Waals surface area contributed by atoms with Gasteiger partial charge in [-0.05, 0) is 32.0 Å². The normalized spacial score (nSPS) is 12.9. The summed E-state index contributed by atoms with van der Waals surface area (Å²) in [6.07, 6.45) is 0. The highest BCUT2D eigenvalue weighted by molar-refractivity contribution is 7.91. The summed E-state index contributed by atoms with van der Waals surface area (Å²) >= 11 is 0. The number of benzene rings is 1. The van der Waals surface area contributed by atoms with E-state index in [0.29, 0.717) is 17.8 Å². The van der Waals surface area contributed by atoms with E-state index >= 15 is 0 Å². The van der Waals surface area contributed by atoms with Gasteiger partial charge >= 0.3 is 0 Å². The van der Waals surface area contributed by atoms with E-state index in [1.807, 2.05) is 6.92 Å². The molecule has 0 heterocycles. The van der Waals surface area contributed by atoms with Crippen LogP contribution < -0.4 is 5.73 Å². The molecule has 0 aliphatic heterocycles. The van der Waals surface area contributed by atoms with Gasteiger partial charge in [-0.1, -0.05) is 13.0 Å². The average Bonchev–Trinajstić information content (AvgIpc) is 2.38. The van der Waals surface area contributed by atoms with Crippen LogP contribution in [0.3, 0.4) is 0 Å². The van der Waals surface area contributed by atoms with Crippen LogP contribution >= 0.6 is 0 Å². The molecule has 6 heteroatoms. The van der Waals surface area contributed by atoms with Crippen LogP contribution in [0.1, 0.15) is 31.1 Å². The van der Waals surface area contributed by atoms with E-state index in [0.717, 1.165) is 0 Å². The minimum Gasteiger partial charge on any atom is -0.399 e. The summed E-state index contributed by atoms with van der Waals surface area (Å²) in [6.45, 7) is 5.65. The first kappa shape index (κ1) is 16.5. The molecule has 5 nitrogen and oxygen atoms in total. The van der Waals surface area contributed by atoms with Crippen molar-refractivity contribution in [1.29, 1.82) is 0 Å². The monoisotopic (exact) mass is 298 g/mol. The van der Waals surface area contributed by atoms with Gasteiger partial charge in [0.05, 0.1) is 5.75 Å². The van der Waals surface area contributed by atoms with Gasteiger partial charge in [0, 0.05) is 29.6 Å². The van der Waals surface area contributed by atoms with E-state index in [1.54, 1.807) is 43.0 Å². The topological polar surface area (TPSA) is 80.5 Å². The largest absolute Gasteiger partial charge is 0.399 e. The molecule has 1 aromatic rings. The van der Waals surface area contributed by atoms with Crippen LogP contribution in [-0.2, 0) is 9.84 Å². The number of carbonyl (C=O) groups is 1. The summed E-state index contributed by atoms with van der Waals surface area (Å²) in [5.41, 5.74) is 6.66. The second kappa shape index (κ2) is 6.74. The molecule has 1 unspecified atom stereocenters. The van der Waals surface area contributed by atoms with Crippen molar-refractivity contribution in [3.8, 4) is 0 Å². The van der Waals surface area contributed by atoms with Gasteiger partial charge < -0.3 is 10.6 Å². The molecule has 0 radical (unpaired) electrons. The van der Waals surface area contributed by atoms with Gasteiger partial charge in [-0.25, -0.2) is 8.42 Å².